The maximum absolute atomic E-state index is 13.0. The molecule has 1 aromatic carbocycles. The molecule has 6 nitrogen and oxygen atoms in total. The fraction of sp³-hybridized carbons (Fsp3) is 0.350. The number of fused-ring (bicyclic) bond motifs is 1. The van der Waals surface area contributed by atoms with E-state index in [9.17, 15) is 23.1 Å². The van der Waals surface area contributed by atoms with Crippen LogP contribution in [0.5, 0.6) is 5.75 Å². The van der Waals surface area contributed by atoms with Crippen LogP contribution in [0, 0.1) is 0 Å². The summed E-state index contributed by atoms with van der Waals surface area (Å²) >= 11 is 6.93. The average molecular weight is 474 g/mol. The van der Waals surface area contributed by atoms with E-state index >= 15 is 0 Å². The van der Waals surface area contributed by atoms with Crippen molar-refractivity contribution in [1.82, 2.24) is 14.6 Å². The number of ketones is 1. The van der Waals surface area contributed by atoms with Gasteiger partial charge < -0.3 is 14.6 Å². The third-order valence-electron chi connectivity index (χ3n) is 4.29. The van der Waals surface area contributed by atoms with Gasteiger partial charge in [0.2, 0.25) is 0 Å². The number of aryl methyl sites for hydroxylation is 1. The lowest BCUT2D eigenvalue weighted by molar-refractivity contribution is -0.137. The Morgan fingerprint density at radius 1 is 1.29 bits per heavy atom. The number of nitrogens with zero attached hydrogens (tertiary/aromatic N) is 3. The van der Waals surface area contributed by atoms with Crippen molar-refractivity contribution in [1.29, 1.82) is 0 Å². The molecule has 166 valence electrons. The van der Waals surface area contributed by atoms with Crippen molar-refractivity contribution in [3.63, 3.8) is 0 Å². The maximum atomic E-state index is 13.0. The number of rotatable bonds is 9. The van der Waals surface area contributed by atoms with Gasteiger partial charge in [-0.15, -0.1) is 10.2 Å². The van der Waals surface area contributed by atoms with Gasteiger partial charge in [-0.3, -0.25) is 4.40 Å². The van der Waals surface area contributed by atoms with Gasteiger partial charge in [-0.05, 0) is 37.1 Å². The molecule has 31 heavy (non-hydrogen) atoms. The van der Waals surface area contributed by atoms with Gasteiger partial charge in [0.15, 0.2) is 10.8 Å². The maximum Gasteiger partial charge on any atom is 0.417 e. The third-order valence-corrected chi connectivity index (χ3v) is 5.66. The molecule has 0 aliphatic rings. The summed E-state index contributed by atoms with van der Waals surface area (Å²) in [5.74, 6) is 0.814. The number of benzene rings is 1. The molecule has 0 fully saturated rings. The van der Waals surface area contributed by atoms with E-state index in [0.29, 0.717) is 18.6 Å². The topological polar surface area (TPSA) is 76.7 Å². The minimum Gasteiger partial charge on any atom is -0.491 e. The molecule has 0 aliphatic carbocycles. The molecule has 3 aromatic rings. The third kappa shape index (κ3) is 6.34. The molecule has 0 amide bonds. The number of aliphatic hydroxyl groups is 1. The van der Waals surface area contributed by atoms with E-state index in [1.165, 1.54) is 0 Å². The van der Waals surface area contributed by atoms with E-state index in [1.807, 2.05) is 12.1 Å². The second-order valence-corrected chi connectivity index (χ2v) is 8.27. The molecule has 0 bridgehead atoms. The van der Waals surface area contributed by atoms with Crippen LogP contribution >= 0.6 is 23.4 Å². The number of aliphatic hydroxyl groups excluding tert-OH is 1. The number of aromatic nitrogens is 3. The van der Waals surface area contributed by atoms with Gasteiger partial charge in [-0.2, -0.15) is 13.2 Å². The number of carbonyl (C=O) groups excluding carboxylic acids is 1. The van der Waals surface area contributed by atoms with Crippen LogP contribution in [0.3, 0.4) is 0 Å². The molecule has 1 atom stereocenters. The molecule has 11 heteroatoms. The molecule has 3 rings (SSSR count). The lowest BCUT2D eigenvalue weighted by Gasteiger charge is -2.12. The molecule has 1 N–H and O–H groups in total. The number of thioether (sulfide) groups is 1. The second-order valence-electron chi connectivity index (χ2n) is 6.87. The van der Waals surface area contributed by atoms with Gasteiger partial charge in [-0.1, -0.05) is 35.5 Å². The number of alkyl halides is 3. The first-order valence-corrected chi connectivity index (χ1v) is 10.6. The largest absolute Gasteiger partial charge is 0.491 e. The van der Waals surface area contributed by atoms with Gasteiger partial charge in [0, 0.05) is 18.4 Å². The molecule has 2 aromatic heterocycles. The summed E-state index contributed by atoms with van der Waals surface area (Å²) in [5, 5.41) is 17.9. The number of hydrogen-bond donors (Lipinski definition) is 1. The summed E-state index contributed by atoms with van der Waals surface area (Å²) < 4.78 is 45.8. The van der Waals surface area contributed by atoms with Crippen LogP contribution in [-0.2, 0) is 17.4 Å². The normalized spacial score (nSPS) is 12.8. The number of carbonyl (C=O) groups is 1. The van der Waals surface area contributed by atoms with E-state index in [-0.39, 0.29) is 34.0 Å². The van der Waals surface area contributed by atoms with Crippen molar-refractivity contribution in [3.05, 3.63) is 52.7 Å². The van der Waals surface area contributed by atoms with Crippen LogP contribution < -0.4 is 4.74 Å². The molecule has 0 spiro atoms. The predicted octanol–water partition coefficient (Wildman–Crippen LogP) is 4.46. The van der Waals surface area contributed by atoms with Crippen LogP contribution in [0.25, 0.3) is 5.65 Å². The molecule has 0 saturated heterocycles. The van der Waals surface area contributed by atoms with Crippen molar-refractivity contribution >= 4 is 34.8 Å². The molecule has 0 radical (unpaired) electrons. The fourth-order valence-electron chi connectivity index (χ4n) is 2.67. The van der Waals surface area contributed by atoms with Gasteiger partial charge in [0.05, 0.1) is 16.7 Å². The summed E-state index contributed by atoms with van der Waals surface area (Å²) in [5.41, 5.74) is 0.198. The van der Waals surface area contributed by atoms with Gasteiger partial charge in [0.25, 0.3) is 0 Å². The van der Waals surface area contributed by atoms with Crippen LogP contribution in [0.4, 0.5) is 13.2 Å². The fourth-order valence-corrected chi connectivity index (χ4v) is 3.73. The Hall–Kier alpha value is -2.30. The number of halogens is 4. The monoisotopic (exact) mass is 473 g/mol. The summed E-state index contributed by atoms with van der Waals surface area (Å²) in [6, 6.07) is 8.01. The standard InChI is InChI=1S/C20H19ClF3N3O3S/c1-12(28)2-3-13-4-6-16(7-5-13)30-10-15(29)11-31-19-26-25-18-17(21)8-14(9-27(18)19)20(22,23)24/h4-9,15,29H,2-3,10-11H2,1H3. The van der Waals surface area contributed by atoms with Crippen LogP contribution in [0.1, 0.15) is 24.5 Å². The van der Waals surface area contributed by atoms with Gasteiger partial charge >= 0.3 is 6.18 Å². The Bertz CT molecular complexity index is 1060. The van der Waals surface area contributed by atoms with Crippen LogP contribution in [-0.4, -0.2) is 44.0 Å². The summed E-state index contributed by atoms with van der Waals surface area (Å²) in [7, 11) is 0. The number of pyridine rings is 1. The zero-order valence-electron chi connectivity index (χ0n) is 16.4. The Labute approximate surface area is 185 Å². The van der Waals surface area contributed by atoms with E-state index in [2.05, 4.69) is 10.2 Å². The Balaban J connectivity index is 1.56. The Morgan fingerprint density at radius 2 is 2.00 bits per heavy atom. The van der Waals surface area contributed by atoms with Crippen LogP contribution in [0.15, 0.2) is 41.7 Å². The van der Waals surface area contributed by atoms with Crippen molar-refractivity contribution in [2.75, 3.05) is 12.4 Å². The lowest BCUT2D eigenvalue weighted by atomic mass is 10.1. The van der Waals surface area contributed by atoms with Crippen LogP contribution in [0.2, 0.25) is 5.02 Å². The lowest BCUT2D eigenvalue weighted by Crippen LogP contribution is -2.20. The molecule has 0 saturated carbocycles. The second kappa shape index (κ2) is 9.88. The summed E-state index contributed by atoms with van der Waals surface area (Å²) in [6.07, 6.45) is -3.44. The summed E-state index contributed by atoms with van der Waals surface area (Å²) in [6.45, 7) is 1.54. The Morgan fingerprint density at radius 3 is 2.65 bits per heavy atom. The minimum absolute atomic E-state index is 0.00884. The number of hydrogen-bond acceptors (Lipinski definition) is 6. The molecule has 1 unspecified atom stereocenters. The first-order valence-electron chi connectivity index (χ1n) is 9.27. The highest BCUT2D eigenvalue weighted by Gasteiger charge is 2.32. The highest BCUT2D eigenvalue weighted by molar-refractivity contribution is 7.99. The zero-order valence-corrected chi connectivity index (χ0v) is 18.0. The Kier molecular flexibility index (Phi) is 7.45. The van der Waals surface area contributed by atoms with E-state index < -0.39 is 17.8 Å². The molecule has 2 heterocycles. The molecular formula is C20H19ClF3N3O3S. The highest BCUT2D eigenvalue weighted by Crippen LogP contribution is 2.33. The average Bonchev–Trinajstić information content (AvgIpc) is 3.13. The van der Waals surface area contributed by atoms with E-state index in [4.69, 9.17) is 16.3 Å². The van der Waals surface area contributed by atoms with Crippen molar-refractivity contribution < 1.29 is 27.8 Å². The smallest absolute Gasteiger partial charge is 0.417 e. The number of Topliss-reactive ketones (excluding diaryl/α,β-unsaturated/α-hetero) is 1. The first-order chi connectivity index (χ1) is 14.6. The molecule has 0 aliphatic heterocycles. The van der Waals surface area contributed by atoms with Gasteiger partial charge in [0.1, 0.15) is 18.1 Å². The highest BCUT2D eigenvalue weighted by atomic mass is 35.5. The van der Waals surface area contributed by atoms with E-state index in [0.717, 1.165) is 34.0 Å². The predicted molar refractivity (Wildman–Crippen MR) is 111 cm³/mol. The minimum atomic E-state index is -4.56. The quantitative estimate of drug-likeness (QED) is 0.462. The van der Waals surface area contributed by atoms with E-state index in [1.54, 1.807) is 19.1 Å². The zero-order chi connectivity index (χ0) is 22.6. The summed E-state index contributed by atoms with van der Waals surface area (Å²) in [4.78, 5) is 11.0. The SMILES string of the molecule is CC(=O)CCc1ccc(OCC(O)CSc2nnc3c(Cl)cc(C(F)(F)F)cn23)cc1. The van der Waals surface area contributed by atoms with Crippen molar-refractivity contribution in [2.45, 2.75) is 37.2 Å². The molecular weight excluding hydrogens is 455 g/mol. The number of ether oxygens (including phenoxy) is 1. The van der Waals surface area contributed by atoms with Gasteiger partial charge in [-0.25, -0.2) is 0 Å². The van der Waals surface area contributed by atoms with Crippen molar-refractivity contribution in [2.24, 2.45) is 0 Å². The first kappa shape index (κ1) is 23.4. The van der Waals surface area contributed by atoms with Crippen molar-refractivity contribution in [3.8, 4) is 5.75 Å².